The number of hydrogen-bond acceptors (Lipinski definition) is 6. The number of rotatable bonds is 4. The number of nitrogens with zero attached hydrogens (tertiary/aromatic N) is 2. The number of hydrogen-bond donors (Lipinski definition) is 1. The van der Waals surface area contributed by atoms with E-state index in [0.29, 0.717) is 23.9 Å². The van der Waals surface area contributed by atoms with Gasteiger partial charge in [0.25, 0.3) is 15.9 Å². The Morgan fingerprint density at radius 2 is 1.76 bits per heavy atom. The third-order valence-electron chi connectivity index (χ3n) is 6.13. The number of nitrogens with one attached hydrogen (secondary N) is 1. The maximum absolute atomic E-state index is 13.4. The van der Waals surface area contributed by atoms with Gasteiger partial charge in [-0.1, -0.05) is 18.5 Å². The Kier molecular flexibility index (Phi) is 8.46. The van der Waals surface area contributed by atoms with E-state index in [1.807, 2.05) is 7.05 Å². The standard InChI is InChI=1S/C24H32ClN3O5S/c1-16-13-27(3)17(2)15-33-22-11-8-19(12-21(22)24(29)28(4)14-23(16)32-5)26-34(30,31)20-9-6-18(25)7-10-20/h6-12,16-17,23,26H,13-15H2,1-5H3/t16-,17-,23-/m1/s1. The van der Waals surface area contributed by atoms with Gasteiger partial charge in [0.2, 0.25) is 0 Å². The lowest BCUT2D eigenvalue weighted by molar-refractivity contribution is 0.0150. The molecule has 186 valence electrons. The Balaban J connectivity index is 1.95. The molecule has 0 bridgehead atoms. The fourth-order valence-corrected chi connectivity index (χ4v) is 5.02. The van der Waals surface area contributed by atoms with Crippen LogP contribution in [0.25, 0.3) is 0 Å². The Labute approximate surface area is 206 Å². The van der Waals surface area contributed by atoms with Gasteiger partial charge in [-0.2, -0.15) is 0 Å². The van der Waals surface area contributed by atoms with Crippen LogP contribution in [0.4, 0.5) is 5.69 Å². The molecular formula is C24H32ClN3O5S. The quantitative estimate of drug-likeness (QED) is 0.677. The van der Waals surface area contributed by atoms with Crippen molar-refractivity contribution >= 4 is 33.2 Å². The number of methoxy groups -OCH3 is 1. The lowest BCUT2D eigenvalue weighted by atomic mass is 10.0. The van der Waals surface area contributed by atoms with Gasteiger partial charge in [-0.25, -0.2) is 8.42 Å². The molecule has 0 spiro atoms. The minimum absolute atomic E-state index is 0.0677. The minimum Gasteiger partial charge on any atom is -0.491 e. The number of fused-ring (bicyclic) bond motifs is 1. The maximum atomic E-state index is 13.4. The van der Waals surface area contributed by atoms with Gasteiger partial charge < -0.3 is 14.4 Å². The molecule has 8 nitrogen and oxygen atoms in total. The molecular weight excluding hydrogens is 478 g/mol. The predicted molar refractivity (Wildman–Crippen MR) is 133 cm³/mol. The largest absolute Gasteiger partial charge is 0.491 e. The van der Waals surface area contributed by atoms with E-state index in [0.717, 1.165) is 6.54 Å². The second kappa shape index (κ2) is 10.9. The zero-order valence-electron chi connectivity index (χ0n) is 20.1. The van der Waals surface area contributed by atoms with Gasteiger partial charge in [-0.15, -0.1) is 0 Å². The molecule has 2 aromatic carbocycles. The molecule has 34 heavy (non-hydrogen) atoms. The Morgan fingerprint density at radius 3 is 2.41 bits per heavy atom. The van der Waals surface area contributed by atoms with Gasteiger partial charge in [0.05, 0.1) is 16.6 Å². The van der Waals surface area contributed by atoms with Crippen molar-refractivity contribution in [2.45, 2.75) is 30.9 Å². The molecule has 0 saturated carbocycles. The van der Waals surface area contributed by atoms with Gasteiger partial charge in [0.1, 0.15) is 12.4 Å². The summed E-state index contributed by atoms with van der Waals surface area (Å²) in [5.41, 5.74) is 0.532. The average Bonchev–Trinajstić information content (AvgIpc) is 2.80. The molecule has 1 heterocycles. The maximum Gasteiger partial charge on any atom is 0.261 e. The molecule has 0 saturated heterocycles. The van der Waals surface area contributed by atoms with Crippen molar-refractivity contribution in [1.29, 1.82) is 0 Å². The number of anilines is 1. The summed E-state index contributed by atoms with van der Waals surface area (Å²) in [7, 11) is 1.52. The molecule has 10 heteroatoms. The fraction of sp³-hybridized carbons (Fsp3) is 0.458. The molecule has 0 aliphatic carbocycles. The van der Waals surface area contributed by atoms with E-state index < -0.39 is 10.0 Å². The lowest BCUT2D eigenvalue weighted by Gasteiger charge is -2.34. The van der Waals surface area contributed by atoms with Crippen LogP contribution in [0.15, 0.2) is 47.4 Å². The molecule has 1 amide bonds. The van der Waals surface area contributed by atoms with Crippen molar-refractivity contribution in [3.8, 4) is 5.75 Å². The number of carbonyl (C=O) groups excluding carboxylic acids is 1. The second-order valence-corrected chi connectivity index (χ2v) is 10.9. The number of halogens is 1. The van der Waals surface area contributed by atoms with E-state index in [1.54, 1.807) is 31.2 Å². The highest BCUT2D eigenvalue weighted by molar-refractivity contribution is 7.92. The first-order chi connectivity index (χ1) is 16.0. The van der Waals surface area contributed by atoms with Crippen molar-refractivity contribution in [3.63, 3.8) is 0 Å². The van der Waals surface area contributed by atoms with Crippen LogP contribution in [0.1, 0.15) is 24.2 Å². The number of ether oxygens (including phenoxy) is 2. The smallest absolute Gasteiger partial charge is 0.261 e. The summed E-state index contributed by atoms with van der Waals surface area (Å²) in [6.07, 6.45) is -0.154. The molecule has 0 radical (unpaired) electrons. The first kappa shape index (κ1) is 26.3. The number of likely N-dealkylation sites (N-methyl/N-ethyl adjacent to an activating group) is 2. The van der Waals surface area contributed by atoms with Crippen LogP contribution >= 0.6 is 11.6 Å². The Hall–Kier alpha value is -2.33. The SMILES string of the molecule is CO[C@@H]1CN(C)C(=O)c2cc(NS(=O)(=O)c3ccc(Cl)cc3)ccc2OC[C@@H](C)N(C)C[C@H]1C. The minimum atomic E-state index is -3.86. The average molecular weight is 510 g/mol. The third-order valence-corrected chi connectivity index (χ3v) is 7.78. The molecule has 0 aromatic heterocycles. The van der Waals surface area contributed by atoms with Gasteiger partial charge in [0, 0.05) is 44.0 Å². The van der Waals surface area contributed by atoms with E-state index in [1.165, 1.54) is 30.3 Å². The molecule has 1 aliphatic rings. The summed E-state index contributed by atoms with van der Waals surface area (Å²) in [4.78, 5) is 17.2. The van der Waals surface area contributed by atoms with Gasteiger partial charge in [0.15, 0.2) is 0 Å². The summed E-state index contributed by atoms with van der Waals surface area (Å²) in [5.74, 6) is 0.302. The molecule has 0 unspecified atom stereocenters. The number of amides is 1. The van der Waals surface area contributed by atoms with E-state index in [2.05, 4.69) is 23.5 Å². The summed E-state index contributed by atoms with van der Waals surface area (Å²) in [6.45, 7) is 5.71. The predicted octanol–water partition coefficient (Wildman–Crippen LogP) is 3.58. The lowest BCUT2D eigenvalue weighted by Crippen LogP contribution is -2.45. The highest BCUT2D eigenvalue weighted by atomic mass is 35.5. The summed E-state index contributed by atoms with van der Waals surface area (Å²) >= 11 is 5.87. The van der Waals surface area contributed by atoms with Crippen LogP contribution in [0.2, 0.25) is 5.02 Å². The van der Waals surface area contributed by atoms with Crippen molar-refractivity contribution in [2.24, 2.45) is 5.92 Å². The normalized spacial score (nSPS) is 22.8. The van der Waals surface area contributed by atoms with Crippen LogP contribution in [-0.4, -0.2) is 77.2 Å². The van der Waals surface area contributed by atoms with Crippen LogP contribution < -0.4 is 9.46 Å². The topological polar surface area (TPSA) is 88.2 Å². The van der Waals surface area contributed by atoms with Crippen molar-refractivity contribution in [3.05, 3.63) is 53.1 Å². The van der Waals surface area contributed by atoms with Crippen LogP contribution in [0, 0.1) is 5.92 Å². The van der Waals surface area contributed by atoms with Crippen LogP contribution in [0.5, 0.6) is 5.75 Å². The highest BCUT2D eigenvalue weighted by Gasteiger charge is 2.27. The molecule has 3 rings (SSSR count). The molecule has 3 atom stereocenters. The highest BCUT2D eigenvalue weighted by Crippen LogP contribution is 2.27. The second-order valence-electron chi connectivity index (χ2n) is 8.81. The summed E-state index contributed by atoms with van der Waals surface area (Å²) in [6, 6.07) is 10.7. The van der Waals surface area contributed by atoms with Gasteiger partial charge >= 0.3 is 0 Å². The molecule has 1 aliphatic heterocycles. The first-order valence-corrected chi connectivity index (χ1v) is 12.9. The van der Waals surface area contributed by atoms with Crippen molar-refractivity contribution in [2.75, 3.05) is 45.6 Å². The van der Waals surface area contributed by atoms with E-state index >= 15 is 0 Å². The van der Waals surface area contributed by atoms with E-state index in [9.17, 15) is 13.2 Å². The molecule has 0 fully saturated rings. The van der Waals surface area contributed by atoms with Gasteiger partial charge in [-0.3, -0.25) is 14.4 Å². The third kappa shape index (κ3) is 6.21. The number of carbonyl (C=O) groups is 1. The first-order valence-electron chi connectivity index (χ1n) is 11.1. The van der Waals surface area contributed by atoms with E-state index in [4.69, 9.17) is 21.1 Å². The zero-order valence-corrected chi connectivity index (χ0v) is 21.7. The summed E-state index contributed by atoms with van der Waals surface area (Å²) < 4.78 is 39.9. The fourth-order valence-electron chi connectivity index (χ4n) is 3.85. The van der Waals surface area contributed by atoms with Crippen LogP contribution in [0.3, 0.4) is 0 Å². The van der Waals surface area contributed by atoms with Crippen molar-refractivity contribution < 1.29 is 22.7 Å². The molecule has 1 N–H and O–H groups in total. The number of sulfonamides is 1. The zero-order chi connectivity index (χ0) is 25.0. The Morgan fingerprint density at radius 1 is 1.09 bits per heavy atom. The van der Waals surface area contributed by atoms with Gasteiger partial charge in [-0.05, 0) is 62.4 Å². The summed E-state index contributed by atoms with van der Waals surface area (Å²) in [5, 5.41) is 0.438. The van der Waals surface area contributed by atoms with Crippen LogP contribution in [-0.2, 0) is 14.8 Å². The number of benzene rings is 2. The Bertz CT molecular complexity index is 1110. The monoisotopic (exact) mass is 509 g/mol. The van der Waals surface area contributed by atoms with Crippen molar-refractivity contribution in [1.82, 2.24) is 9.80 Å². The molecule has 2 aromatic rings. The van der Waals surface area contributed by atoms with E-state index in [-0.39, 0.29) is 40.1 Å².